The number of aryl methyl sites for hydroxylation is 1. The summed E-state index contributed by atoms with van der Waals surface area (Å²) in [6.45, 7) is 2.01. The maximum atomic E-state index is 12.7. The molecule has 0 aliphatic heterocycles. The number of fused-ring (bicyclic) bond motifs is 1. The maximum Gasteiger partial charge on any atom is 0.340 e. The Labute approximate surface area is 179 Å². The van der Waals surface area contributed by atoms with E-state index in [1.807, 2.05) is 0 Å². The zero-order chi connectivity index (χ0) is 22.0. The highest BCUT2D eigenvalue weighted by molar-refractivity contribution is 6.08. The van der Waals surface area contributed by atoms with Gasteiger partial charge in [-0.1, -0.05) is 6.07 Å². The Kier molecular flexibility index (Phi) is 5.99. The van der Waals surface area contributed by atoms with E-state index in [0.29, 0.717) is 28.6 Å². The van der Waals surface area contributed by atoms with Gasteiger partial charge in [0, 0.05) is 24.3 Å². The molecule has 1 aliphatic carbocycles. The largest absolute Gasteiger partial charge is 0.465 e. The number of aliphatic hydroxyl groups is 1. The second kappa shape index (κ2) is 8.85. The molecule has 1 aliphatic rings. The third kappa shape index (κ3) is 4.44. The summed E-state index contributed by atoms with van der Waals surface area (Å²) in [5.74, 6) is 0.110. The smallest absolute Gasteiger partial charge is 0.340 e. The van der Waals surface area contributed by atoms with E-state index >= 15 is 0 Å². The fourth-order valence-electron chi connectivity index (χ4n) is 4.00. The first kappa shape index (κ1) is 21.0. The predicted octanol–water partition coefficient (Wildman–Crippen LogP) is 3.84. The number of anilines is 1. The maximum absolute atomic E-state index is 12.7. The Morgan fingerprint density at radius 1 is 1.19 bits per heavy atom. The number of aromatic nitrogens is 2. The number of benzene rings is 1. The molecule has 2 N–H and O–H groups in total. The molecule has 0 atom stereocenters. The van der Waals surface area contributed by atoms with Crippen LogP contribution in [0.4, 0.5) is 5.69 Å². The number of carbonyl (C=O) groups excluding carboxylic acids is 2. The summed E-state index contributed by atoms with van der Waals surface area (Å²) >= 11 is 0. The molecule has 31 heavy (non-hydrogen) atoms. The van der Waals surface area contributed by atoms with Crippen LogP contribution in [0.2, 0.25) is 0 Å². The monoisotopic (exact) mass is 423 g/mol. The SMILES string of the molecule is COC(=O)c1cc2nc([C@H]3CC[C@H](CO)CC3)oc2cc1NC(=O)c1cccc(C)n1. The number of methoxy groups -OCH3 is 1. The van der Waals surface area contributed by atoms with Crippen LogP contribution in [0, 0.1) is 12.8 Å². The number of nitrogens with zero attached hydrogens (tertiary/aromatic N) is 2. The van der Waals surface area contributed by atoms with Crippen molar-refractivity contribution in [2.45, 2.75) is 38.5 Å². The van der Waals surface area contributed by atoms with Crippen LogP contribution in [0.25, 0.3) is 11.1 Å². The molecule has 0 radical (unpaired) electrons. The lowest BCUT2D eigenvalue weighted by Gasteiger charge is -2.24. The number of oxazole rings is 1. The zero-order valence-electron chi connectivity index (χ0n) is 17.6. The predicted molar refractivity (Wildman–Crippen MR) is 114 cm³/mol. The summed E-state index contributed by atoms with van der Waals surface area (Å²) in [5, 5.41) is 12.1. The van der Waals surface area contributed by atoms with E-state index in [2.05, 4.69) is 15.3 Å². The first-order chi connectivity index (χ1) is 15.0. The van der Waals surface area contributed by atoms with Crippen molar-refractivity contribution in [2.24, 2.45) is 5.92 Å². The van der Waals surface area contributed by atoms with Crippen LogP contribution >= 0.6 is 0 Å². The molecular weight excluding hydrogens is 398 g/mol. The van der Waals surface area contributed by atoms with E-state index in [4.69, 9.17) is 9.15 Å². The van der Waals surface area contributed by atoms with Gasteiger partial charge in [-0.25, -0.2) is 14.8 Å². The van der Waals surface area contributed by atoms with Gasteiger partial charge >= 0.3 is 5.97 Å². The highest BCUT2D eigenvalue weighted by atomic mass is 16.5. The molecule has 8 nitrogen and oxygen atoms in total. The molecule has 3 aromatic rings. The molecule has 1 amide bonds. The fraction of sp³-hybridized carbons (Fsp3) is 0.391. The minimum absolute atomic E-state index is 0.173. The van der Waals surface area contributed by atoms with Crippen LogP contribution in [0.5, 0.6) is 0 Å². The number of hydrogen-bond acceptors (Lipinski definition) is 7. The Balaban J connectivity index is 1.65. The first-order valence-corrected chi connectivity index (χ1v) is 10.4. The molecule has 2 aromatic heterocycles. The minimum Gasteiger partial charge on any atom is -0.465 e. The lowest BCUT2D eigenvalue weighted by molar-refractivity contribution is 0.0602. The van der Waals surface area contributed by atoms with Crippen LogP contribution in [-0.2, 0) is 4.74 Å². The first-order valence-electron chi connectivity index (χ1n) is 10.4. The highest BCUT2D eigenvalue weighted by Gasteiger charge is 2.26. The fourth-order valence-corrected chi connectivity index (χ4v) is 4.00. The van der Waals surface area contributed by atoms with Crippen LogP contribution in [0.1, 0.15) is 64.0 Å². The molecule has 1 aromatic carbocycles. The van der Waals surface area contributed by atoms with Crippen LogP contribution in [0.15, 0.2) is 34.7 Å². The van der Waals surface area contributed by atoms with Gasteiger partial charge in [0.1, 0.15) is 11.2 Å². The van der Waals surface area contributed by atoms with E-state index < -0.39 is 11.9 Å². The molecule has 162 valence electrons. The Morgan fingerprint density at radius 2 is 1.97 bits per heavy atom. The quantitative estimate of drug-likeness (QED) is 0.599. The molecular formula is C23H25N3O5. The molecule has 8 heteroatoms. The van der Waals surface area contributed by atoms with Crippen molar-refractivity contribution >= 4 is 28.7 Å². The number of aliphatic hydroxyl groups excluding tert-OH is 1. The standard InChI is InChI=1S/C23H25N3O5/c1-13-4-3-5-17(24-13)21(28)25-18-11-20-19(10-16(18)23(29)30-2)26-22(31-20)15-8-6-14(12-27)7-9-15/h3-5,10-11,14-15,27H,6-9,12H2,1-2H3,(H,25,28)/t14-,15-. The minimum atomic E-state index is -0.581. The number of pyridine rings is 1. The number of ether oxygens (including phenoxy) is 1. The van der Waals surface area contributed by atoms with Gasteiger partial charge < -0.3 is 19.6 Å². The van der Waals surface area contributed by atoms with Gasteiger partial charge in [-0.05, 0) is 56.7 Å². The molecule has 1 fully saturated rings. The normalized spacial score (nSPS) is 18.7. The van der Waals surface area contributed by atoms with Crippen molar-refractivity contribution in [3.63, 3.8) is 0 Å². The lowest BCUT2D eigenvalue weighted by atomic mass is 9.82. The lowest BCUT2D eigenvalue weighted by Crippen LogP contribution is -2.17. The molecule has 0 bridgehead atoms. The van der Waals surface area contributed by atoms with Crippen molar-refractivity contribution in [3.05, 3.63) is 53.2 Å². The Morgan fingerprint density at radius 3 is 2.65 bits per heavy atom. The molecule has 2 heterocycles. The van der Waals surface area contributed by atoms with Crippen molar-refractivity contribution in [3.8, 4) is 0 Å². The number of amides is 1. The molecule has 0 unspecified atom stereocenters. The highest BCUT2D eigenvalue weighted by Crippen LogP contribution is 2.37. The molecule has 4 rings (SSSR count). The summed E-state index contributed by atoms with van der Waals surface area (Å²) in [4.78, 5) is 33.9. The summed E-state index contributed by atoms with van der Waals surface area (Å²) in [5.41, 5.74) is 2.45. The number of hydrogen-bond donors (Lipinski definition) is 2. The van der Waals surface area contributed by atoms with Crippen molar-refractivity contribution in [2.75, 3.05) is 19.0 Å². The van der Waals surface area contributed by atoms with Crippen molar-refractivity contribution in [1.29, 1.82) is 0 Å². The molecule has 1 saturated carbocycles. The van der Waals surface area contributed by atoms with Gasteiger partial charge in [0.15, 0.2) is 11.5 Å². The van der Waals surface area contributed by atoms with E-state index in [0.717, 1.165) is 25.7 Å². The second-order valence-corrected chi connectivity index (χ2v) is 7.93. The van der Waals surface area contributed by atoms with E-state index in [-0.39, 0.29) is 29.5 Å². The van der Waals surface area contributed by atoms with E-state index in [1.54, 1.807) is 37.3 Å². The summed E-state index contributed by atoms with van der Waals surface area (Å²) in [7, 11) is 1.29. The van der Waals surface area contributed by atoms with Crippen LogP contribution in [0.3, 0.4) is 0 Å². The third-order valence-electron chi connectivity index (χ3n) is 5.77. The Hall–Kier alpha value is -3.26. The van der Waals surface area contributed by atoms with Gasteiger partial charge in [0.2, 0.25) is 0 Å². The van der Waals surface area contributed by atoms with Crippen LogP contribution in [-0.4, -0.2) is 40.7 Å². The van der Waals surface area contributed by atoms with E-state index in [9.17, 15) is 14.7 Å². The number of nitrogens with one attached hydrogen (secondary N) is 1. The summed E-state index contributed by atoms with van der Waals surface area (Å²) in [6, 6.07) is 8.33. The van der Waals surface area contributed by atoms with Crippen molar-refractivity contribution in [1.82, 2.24) is 9.97 Å². The van der Waals surface area contributed by atoms with Gasteiger partial charge in [-0.15, -0.1) is 0 Å². The topological polar surface area (TPSA) is 115 Å². The van der Waals surface area contributed by atoms with Crippen molar-refractivity contribution < 1.29 is 23.8 Å². The van der Waals surface area contributed by atoms with Crippen LogP contribution < -0.4 is 5.32 Å². The molecule has 0 saturated heterocycles. The van der Waals surface area contributed by atoms with E-state index in [1.165, 1.54) is 7.11 Å². The summed E-state index contributed by atoms with van der Waals surface area (Å²) < 4.78 is 10.9. The zero-order valence-corrected chi connectivity index (χ0v) is 17.6. The van der Waals surface area contributed by atoms with Gasteiger partial charge in [-0.2, -0.15) is 0 Å². The Bertz CT molecular complexity index is 1120. The van der Waals surface area contributed by atoms with Gasteiger partial charge in [0.05, 0.1) is 18.4 Å². The average molecular weight is 423 g/mol. The summed E-state index contributed by atoms with van der Waals surface area (Å²) in [6.07, 6.45) is 3.64. The third-order valence-corrected chi connectivity index (χ3v) is 5.77. The number of esters is 1. The number of rotatable bonds is 5. The number of carbonyl (C=O) groups is 2. The van der Waals surface area contributed by atoms with Gasteiger partial charge in [-0.3, -0.25) is 4.79 Å². The molecule has 0 spiro atoms. The van der Waals surface area contributed by atoms with Gasteiger partial charge in [0.25, 0.3) is 5.91 Å². The average Bonchev–Trinajstić information content (AvgIpc) is 3.21. The second-order valence-electron chi connectivity index (χ2n) is 7.93.